The maximum Gasteiger partial charge on any atom is 0.242 e. The molecular weight excluding hydrogens is 952 g/mol. The quantitative estimate of drug-likeness (QED) is 0.130. The topological polar surface area (TPSA) is 35.9 Å². The molecule has 0 bridgehead atoms. The van der Waals surface area contributed by atoms with Crippen LogP contribution in [0.2, 0.25) is 0 Å². The molecule has 6 heteroatoms. The Balaban J connectivity index is 0.00000444. The van der Waals surface area contributed by atoms with Gasteiger partial charge in [0.1, 0.15) is 5.82 Å². The molecule has 4 heterocycles. The summed E-state index contributed by atoms with van der Waals surface area (Å²) in [6.07, 6.45) is 5.53. The van der Waals surface area contributed by atoms with Crippen molar-refractivity contribution in [1.82, 2.24) is 14.1 Å². The van der Waals surface area contributed by atoms with Crippen LogP contribution in [0.1, 0.15) is 73.6 Å². The third-order valence-corrected chi connectivity index (χ3v) is 13.6. The van der Waals surface area contributed by atoms with Crippen LogP contribution >= 0.6 is 0 Å². The SMILES string of the molecule is C[n+]1[c-]n2c3c(cccc31)C1(c3ccc(Oc4[c-]c5c(cc4)c4ccccc4n5-c4ccccn4)[c-]c3-2)c2cc(-c3ccccc3)ccc2C(C)(C)c2cccc(C(C)(C)C)c21.[Pt]. The van der Waals surface area contributed by atoms with Crippen LogP contribution in [0.25, 0.3) is 55.5 Å². The van der Waals surface area contributed by atoms with E-state index in [2.05, 4.69) is 201 Å². The first-order chi connectivity index (χ1) is 30.0. The van der Waals surface area contributed by atoms with Crippen molar-refractivity contribution in [1.29, 1.82) is 0 Å². The summed E-state index contributed by atoms with van der Waals surface area (Å²) in [6.45, 7) is 11.9. The van der Waals surface area contributed by atoms with Crippen LogP contribution in [0.3, 0.4) is 0 Å². The molecule has 63 heavy (non-hydrogen) atoms. The van der Waals surface area contributed by atoms with Gasteiger partial charge in [-0.05, 0) is 73.5 Å². The summed E-state index contributed by atoms with van der Waals surface area (Å²) < 4.78 is 13.3. The Bertz CT molecular complexity index is 3470. The van der Waals surface area contributed by atoms with Gasteiger partial charge in [-0.25, -0.2) is 4.98 Å². The molecule has 5 nitrogen and oxygen atoms in total. The van der Waals surface area contributed by atoms with Crippen molar-refractivity contribution in [3.8, 4) is 34.1 Å². The predicted octanol–water partition coefficient (Wildman–Crippen LogP) is 12.4. The molecule has 0 saturated heterocycles. The van der Waals surface area contributed by atoms with Gasteiger partial charge in [0.15, 0.2) is 0 Å². The second-order valence-corrected chi connectivity index (χ2v) is 18.5. The first-order valence-electron chi connectivity index (χ1n) is 21.5. The van der Waals surface area contributed by atoms with E-state index >= 15 is 0 Å². The van der Waals surface area contributed by atoms with Gasteiger partial charge in [0.25, 0.3) is 0 Å². The first-order valence-corrected chi connectivity index (χ1v) is 21.5. The van der Waals surface area contributed by atoms with Gasteiger partial charge < -0.3 is 18.4 Å². The van der Waals surface area contributed by atoms with Crippen LogP contribution in [-0.4, -0.2) is 14.1 Å². The van der Waals surface area contributed by atoms with Crippen molar-refractivity contribution < 1.29 is 30.4 Å². The number of fused-ring (bicyclic) bond motifs is 11. The number of pyridine rings is 1. The van der Waals surface area contributed by atoms with Gasteiger partial charge in [0, 0.05) is 55.1 Å². The van der Waals surface area contributed by atoms with E-state index in [0.717, 1.165) is 49.9 Å². The molecular formula is C57H44N4OPt-2. The number of aryl methyl sites for hydroxylation is 1. The second-order valence-electron chi connectivity index (χ2n) is 18.5. The van der Waals surface area contributed by atoms with Gasteiger partial charge >= 0.3 is 0 Å². The molecule has 0 radical (unpaired) electrons. The van der Waals surface area contributed by atoms with Crippen LogP contribution in [0, 0.1) is 18.5 Å². The van der Waals surface area contributed by atoms with E-state index in [1.54, 1.807) is 0 Å². The summed E-state index contributed by atoms with van der Waals surface area (Å²) >= 11 is 0. The molecule has 7 aromatic carbocycles. The number of benzene rings is 7. The number of hydrogen-bond donors (Lipinski definition) is 0. The zero-order valence-electron chi connectivity index (χ0n) is 36.0. The molecule has 0 N–H and O–H groups in total. The normalized spacial score (nSPS) is 15.8. The Hall–Kier alpha value is -6.55. The van der Waals surface area contributed by atoms with Gasteiger partial charge in [0.2, 0.25) is 6.33 Å². The summed E-state index contributed by atoms with van der Waals surface area (Å²) in [5.41, 5.74) is 15.4. The number of rotatable bonds is 4. The Morgan fingerprint density at radius 2 is 1.37 bits per heavy atom. The molecule has 3 aromatic heterocycles. The maximum atomic E-state index is 6.85. The zero-order valence-corrected chi connectivity index (χ0v) is 38.3. The van der Waals surface area contributed by atoms with Gasteiger partial charge in [-0.1, -0.05) is 155 Å². The van der Waals surface area contributed by atoms with Gasteiger partial charge in [0.05, 0.1) is 18.1 Å². The number of ether oxygens (including phenoxy) is 1. The molecule has 1 unspecified atom stereocenters. The summed E-state index contributed by atoms with van der Waals surface area (Å²) in [7, 11) is 2.09. The van der Waals surface area contributed by atoms with Crippen LogP contribution in [0.5, 0.6) is 11.5 Å². The monoisotopic (exact) mass is 995 g/mol. The Kier molecular flexibility index (Phi) is 8.72. The molecule has 0 amide bonds. The third kappa shape index (κ3) is 5.52. The van der Waals surface area contributed by atoms with Gasteiger partial charge in [-0.2, -0.15) is 12.1 Å². The van der Waals surface area contributed by atoms with Crippen molar-refractivity contribution in [3.05, 3.63) is 215 Å². The van der Waals surface area contributed by atoms with Crippen LogP contribution < -0.4 is 9.30 Å². The van der Waals surface area contributed by atoms with E-state index in [1.807, 2.05) is 30.5 Å². The maximum absolute atomic E-state index is 6.85. The zero-order chi connectivity index (χ0) is 42.1. The standard InChI is InChI=1S/C57H44N4O.Pt/c1-55(2,3)44-19-14-20-45-53(44)57(47-32-37(36-16-8-7-9-17-36)25-29-42(47)56(45,4)5)43-30-27-39(34-51(43)60-35-59(6)49-23-15-21-46(57)54(49)60)62-38-26-28-41-40-18-10-11-22-48(40)61(50(41)33-38)52-24-12-13-31-58-52;/h7-32H,1-6H3;/q-2;. The van der Waals surface area contributed by atoms with E-state index in [1.165, 1.54) is 44.5 Å². The summed E-state index contributed by atoms with van der Waals surface area (Å²) in [6, 6.07) is 62.2. The number of aromatic nitrogens is 4. The Morgan fingerprint density at radius 1 is 0.635 bits per heavy atom. The molecule has 0 saturated carbocycles. The third-order valence-electron chi connectivity index (χ3n) is 13.6. The molecule has 1 spiro atoms. The number of hydrogen-bond acceptors (Lipinski definition) is 2. The Morgan fingerprint density at radius 3 is 2.17 bits per heavy atom. The minimum atomic E-state index is -0.706. The molecule has 2 aliphatic rings. The number of nitrogens with zero attached hydrogens (tertiary/aromatic N) is 4. The fourth-order valence-electron chi connectivity index (χ4n) is 10.8. The smallest absolute Gasteiger partial charge is 0.242 e. The molecule has 0 fully saturated rings. The number of imidazole rings is 1. The predicted molar refractivity (Wildman–Crippen MR) is 248 cm³/mol. The molecule has 12 rings (SSSR count). The summed E-state index contributed by atoms with van der Waals surface area (Å²) in [5, 5.41) is 2.23. The van der Waals surface area contributed by atoms with E-state index < -0.39 is 5.41 Å². The molecule has 1 aliphatic carbocycles. The average molecular weight is 996 g/mol. The Labute approximate surface area is 382 Å². The van der Waals surface area contributed by atoms with Crippen LogP contribution in [0.4, 0.5) is 0 Å². The van der Waals surface area contributed by atoms with Crippen molar-refractivity contribution in [2.75, 3.05) is 0 Å². The molecule has 1 aliphatic heterocycles. The van der Waals surface area contributed by atoms with Gasteiger partial charge in [-0.15, -0.1) is 35.2 Å². The van der Waals surface area contributed by atoms with E-state index in [-0.39, 0.29) is 31.9 Å². The minimum Gasteiger partial charge on any atom is -0.510 e. The first kappa shape index (κ1) is 39.3. The number of para-hydroxylation sites is 2. The van der Waals surface area contributed by atoms with Crippen molar-refractivity contribution in [2.24, 2.45) is 7.05 Å². The van der Waals surface area contributed by atoms with E-state index in [4.69, 9.17) is 9.72 Å². The van der Waals surface area contributed by atoms with Crippen molar-refractivity contribution >= 4 is 32.8 Å². The molecule has 10 aromatic rings. The summed E-state index contributed by atoms with van der Waals surface area (Å²) in [4.78, 5) is 4.74. The van der Waals surface area contributed by atoms with Crippen molar-refractivity contribution in [2.45, 2.75) is 50.9 Å². The van der Waals surface area contributed by atoms with Crippen LogP contribution in [0.15, 0.2) is 158 Å². The molecule has 310 valence electrons. The fourth-order valence-corrected chi connectivity index (χ4v) is 10.8. The second kappa shape index (κ2) is 14.0. The largest absolute Gasteiger partial charge is 0.510 e. The summed E-state index contributed by atoms with van der Waals surface area (Å²) in [5.74, 6) is 2.04. The minimum absolute atomic E-state index is 0. The van der Waals surface area contributed by atoms with E-state index in [9.17, 15) is 0 Å². The molecule has 1 atom stereocenters. The average Bonchev–Trinajstić information content (AvgIpc) is 3.81. The van der Waals surface area contributed by atoms with Crippen molar-refractivity contribution in [3.63, 3.8) is 0 Å². The van der Waals surface area contributed by atoms with Gasteiger partial charge in [-0.3, -0.25) is 0 Å². The van der Waals surface area contributed by atoms with Crippen LogP contribution in [-0.2, 0) is 44.4 Å². The van der Waals surface area contributed by atoms with E-state index in [0.29, 0.717) is 11.5 Å². The fraction of sp³-hybridized carbons (Fsp3) is 0.158.